The lowest BCUT2D eigenvalue weighted by atomic mass is 10.1. The first-order valence-electron chi connectivity index (χ1n) is 6.03. The Kier molecular flexibility index (Phi) is 4.22. The number of hydrogen-bond donors (Lipinski definition) is 2. The molecule has 6 nitrogen and oxygen atoms in total. The molecule has 0 aromatic heterocycles. The van der Waals surface area contributed by atoms with Crippen molar-refractivity contribution in [2.75, 3.05) is 20.3 Å². The molecule has 0 spiro atoms. The van der Waals surface area contributed by atoms with Gasteiger partial charge in [-0.1, -0.05) is 12.1 Å². The molecule has 2 amide bonds. The summed E-state index contributed by atoms with van der Waals surface area (Å²) < 4.78 is 9.78. The van der Waals surface area contributed by atoms with Gasteiger partial charge in [0, 0.05) is 6.54 Å². The van der Waals surface area contributed by atoms with Crippen molar-refractivity contribution in [1.29, 1.82) is 0 Å². The highest BCUT2D eigenvalue weighted by Crippen LogP contribution is 2.12. The van der Waals surface area contributed by atoms with Gasteiger partial charge in [0.05, 0.1) is 7.11 Å². The van der Waals surface area contributed by atoms with Crippen LogP contribution in [-0.4, -0.2) is 38.3 Å². The number of alkyl carbamates (subject to hydrolysis) is 1. The molecule has 1 aliphatic rings. The standard InChI is InChI=1S/C13H16N2O4/c1-18-10-4-2-3-9(7-10)5-6-14-12(16)11-8-19-13(17)15-11/h2-4,7,11H,5-6,8H2,1H3,(H,14,16)(H,15,17). The number of hydrogen-bond acceptors (Lipinski definition) is 4. The molecule has 1 aliphatic heterocycles. The Labute approximate surface area is 111 Å². The molecule has 102 valence electrons. The maximum atomic E-state index is 11.7. The molecule has 1 unspecified atom stereocenters. The zero-order valence-corrected chi connectivity index (χ0v) is 10.6. The first-order valence-corrected chi connectivity index (χ1v) is 6.03. The van der Waals surface area contributed by atoms with E-state index in [1.54, 1.807) is 7.11 Å². The van der Waals surface area contributed by atoms with Gasteiger partial charge >= 0.3 is 6.09 Å². The molecular formula is C13H16N2O4. The third-order valence-electron chi connectivity index (χ3n) is 2.84. The van der Waals surface area contributed by atoms with Crippen molar-refractivity contribution in [3.63, 3.8) is 0 Å². The summed E-state index contributed by atoms with van der Waals surface area (Å²) in [4.78, 5) is 22.5. The van der Waals surface area contributed by atoms with Gasteiger partial charge in [-0.15, -0.1) is 0 Å². The fourth-order valence-corrected chi connectivity index (χ4v) is 1.81. The zero-order valence-electron chi connectivity index (χ0n) is 10.6. The summed E-state index contributed by atoms with van der Waals surface area (Å²) in [5.41, 5.74) is 1.08. The zero-order chi connectivity index (χ0) is 13.7. The summed E-state index contributed by atoms with van der Waals surface area (Å²) in [6, 6.07) is 7.08. The van der Waals surface area contributed by atoms with Crippen LogP contribution in [0.2, 0.25) is 0 Å². The van der Waals surface area contributed by atoms with E-state index in [0.29, 0.717) is 13.0 Å². The van der Waals surface area contributed by atoms with Crippen LogP contribution in [0.5, 0.6) is 5.75 Å². The SMILES string of the molecule is COc1cccc(CCNC(=O)C2COC(=O)N2)c1. The second kappa shape index (κ2) is 6.08. The number of methoxy groups -OCH3 is 1. The lowest BCUT2D eigenvalue weighted by molar-refractivity contribution is -0.122. The van der Waals surface area contributed by atoms with Crippen molar-refractivity contribution in [2.45, 2.75) is 12.5 Å². The van der Waals surface area contributed by atoms with Crippen LogP contribution in [0.25, 0.3) is 0 Å². The van der Waals surface area contributed by atoms with E-state index in [0.717, 1.165) is 11.3 Å². The van der Waals surface area contributed by atoms with Crippen molar-refractivity contribution in [2.24, 2.45) is 0 Å². The van der Waals surface area contributed by atoms with Gasteiger partial charge < -0.3 is 20.1 Å². The monoisotopic (exact) mass is 264 g/mol. The second-order valence-corrected chi connectivity index (χ2v) is 4.19. The van der Waals surface area contributed by atoms with E-state index in [1.165, 1.54) is 0 Å². The lowest BCUT2D eigenvalue weighted by Crippen LogP contribution is -2.43. The van der Waals surface area contributed by atoms with Crippen LogP contribution in [0.15, 0.2) is 24.3 Å². The van der Waals surface area contributed by atoms with E-state index in [4.69, 9.17) is 4.74 Å². The average Bonchev–Trinajstić information content (AvgIpc) is 2.86. The van der Waals surface area contributed by atoms with Gasteiger partial charge in [-0.3, -0.25) is 4.79 Å². The molecule has 1 atom stereocenters. The molecule has 0 saturated carbocycles. The highest BCUT2D eigenvalue weighted by molar-refractivity contribution is 5.87. The minimum atomic E-state index is -0.585. The predicted octanol–water partition coefficient (Wildman–Crippen LogP) is 0.462. The van der Waals surface area contributed by atoms with Crippen molar-refractivity contribution < 1.29 is 19.1 Å². The second-order valence-electron chi connectivity index (χ2n) is 4.19. The summed E-state index contributed by atoms with van der Waals surface area (Å²) in [5, 5.41) is 5.18. The Hall–Kier alpha value is -2.24. The highest BCUT2D eigenvalue weighted by Gasteiger charge is 2.28. The van der Waals surface area contributed by atoms with Crippen LogP contribution in [-0.2, 0) is 16.0 Å². The fraction of sp³-hybridized carbons (Fsp3) is 0.385. The smallest absolute Gasteiger partial charge is 0.407 e. The third-order valence-corrected chi connectivity index (χ3v) is 2.84. The maximum Gasteiger partial charge on any atom is 0.407 e. The van der Waals surface area contributed by atoms with Gasteiger partial charge in [-0.25, -0.2) is 4.79 Å². The first-order chi connectivity index (χ1) is 9.19. The molecule has 19 heavy (non-hydrogen) atoms. The van der Waals surface area contributed by atoms with E-state index in [2.05, 4.69) is 15.4 Å². The van der Waals surface area contributed by atoms with E-state index in [-0.39, 0.29) is 12.5 Å². The maximum absolute atomic E-state index is 11.7. The van der Waals surface area contributed by atoms with Crippen LogP contribution in [0, 0.1) is 0 Å². The van der Waals surface area contributed by atoms with Crippen molar-refractivity contribution in [3.05, 3.63) is 29.8 Å². The number of benzene rings is 1. The molecule has 1 aromatic rings. The predicted molar refractivity (Wildman–Crippen MR) is 68.0 cm³/mol. The number of amides is 2. The quantitative estimate of drug-likeness (QED) is 0.810. The Morgan fingerprint density at radius 2 is 2.42 bits per heavy atom. The average molecular weight is 264 g/mol. The van der Waals surface area contributed by atoms with E-state index >= 15 is 0 Å². The summed E-state index contributed by atoms with van der Waals surface area (Å²) >= 11 is 0. The molecule has 2 N–H and O–H groups in total. The largest absolute Gasteiger partial charge is 0.497 e. The van der Waals surface area contributed by atoms with Crippen molar-refractivity contribution in [3.8, 4) is 5.75 Å². The van der Waals surface area contributed by atoms with Gasteiger partial charge in [-0.2, -0.15) is 0 Å². The number of rotatable bonds is 5. The van der Waals surface area contributed by atoms with E-state index in [9.17, 15) is 9.59 Å². The normalized spacial score (nSPS) is 17.5. The van der Waals surface area contributed by atoms with Gasteiger partial charge in [-0.05, 0) is 24.1 Å². The molecular weight excluding hydrogens is 248 g/mol. The molecule has 6 heteroatoms. The molecule has 1 fully saturated rings. The van der Waals surface area contributed by atoms with Crippen LogP contribution in [0.1, 0.15) is 5.56 Å². The van der Waals surface area contributed by atoms with Crippen LogP contribution < -0.4 is 15.4 Å². The summed E-state index contributed by atoms with van der Waals surface area (Å²) in [6.07, 6.45) is 0.151. The molecule has 0 bridgehead atoms. The summed E-state index contributed by atoms with van der Waals surface area (Å²) in [7, 11) is 1.61. The van der Waals surface area contributed by atoms with Crippen molar-refractivity contribution in [1.82, 2.24) is 10.6 Å². The highest BCUT2D eigenvalue weighted by atomic mass is 16.6. The number of cyclic esters (lactones) is 1. The lowest BCUT2D eigenvalue weighted by Gasteiger charge is -2.09. The molecule has 1 heterocycles. The van der Waals surface area contributed by atoms with Crippen LogP contribution in [0.3, 0.4) is 0 Å². The first kappa shape index (κ1) is 13.2. The van der Waals surface area contributed by atoms with Gasteiger partial charge in [0.15, 0.2) is 0 Å². The number of carbonyl (C=O) groups excluding carboxylic acids is 2. The minimum Gasteiger partial charge on any atom is -0.497 e. The number of carbonyl (C=O) groups is 2. The van der Waals surface area contributed by atoms with Crippen LogP contribution in [0.4, 0.5) is 4.79 Å². The molecule has 0 aliphatic carbocycles. The van der Waals surface area contributed by atoms with E-state index in [1.807, 2.05) is 24.3 Å². The fourth-order valence-electron chi connectivity index (χ4n) is 1.81. The Balaban J connectivity index is 1.76. The third kappa shape index (κ3) is 3.61. The summed E-state index contributed by atoms with van der Waals surface area (Å²) in [6.45, 7) is 0.586. The molecule has 0 radical (unpaired) electrons. The Morgan fingerprint density at radius 1 is 1.58 bits per heavy atom. The van der Waals surface area contributed by atoms with Crippen LogP contribution >= 0.6 is 0 Å². The molecule has 1 saturated heterocycles. The van der Waals surface area contributed by atoms with Gasteiger partial charge in [0.25, 0.3) is 0 Å². The van der Waals surface area contributed by atoms with Gasteiger partial charge in [0.2, 0.25) is 5.91 Å². The molecule has 2 rings (SSSR count). The number of ether oxygens (including phenoxy) is 2. The Bertz CT molecular complexity index is 475. The topological polar surface area (TPSA) is 76.7 Å². The van der Waals surface area contributed by atoms with Crippen molar-refractivity contribution >= 4 is 12.0 Å². The summed E-state index contributed by atoms with van der Waals surface area (Å²) in [5.74, 6) is 0.564. The Morgan fingerprint density at radius 3 is 3.11 bits per heavy atom. The minimum absolute atomic E-state index is 0.0871. The van der Waals surface area contributed by atoms with E-state index < -0.39 is 12.1 Å². The number of nitrogens with one attached hydrogen (secondary N) is 2. The molecule has 1 aromatic carbocycles. The van der Waals surface area contributed by atoms with Gasteiger partial charge in [0.1, 0.15) is 18.4 Å².